The maximum Gasteiger partial charge on any atom is 0.303 e. The van der Waals surface area contributed by atoms with E-state index in [1.165, 1.54) is 0 Å². The molecular weight excluding hydrogens is 374 g/mol. The first-order chi connectivity index (χ1) is 13.5. The summed E-state index contributed by atoms with van der Waals surface area (Å²) in [5.74, 6) is -0.578. The number of amides is 1. The van der Waals surface area contributed by atoms with E-state index in [9.17, 15) is 14.7 Å². The summed E-state index contributed by atoms with van der Waals surface area (Å²) in [4.78, 5) is 25.9. The predicted molar refractivity (Wildman–Crippen MR) is 113 cm³/mol. The van der Waals surface area contributed by atoms with Gasteiger partial charge in [-0.1, -0.05) is 37.6 Å². The second-order valence-electron chi connectivity index (χ2n) is 7.26. The van der Waals surface area contributed by atoms with Crippen molar-refractivity contribution in [3.05, 3.63) is 40.6 Å². The van der Waals surface area contributed by atoms with E-state index in [0.717, 1.165) is 42.5 Å². The zero-order valence-electron chi connectivity index (χ0n) is 16.4. The third kappa shape index (κ3) is 7.24. The van der Waals surface area contributed by atoms with E-state index in [1.807, 2.05) is 28.5 Å². The van der Waals surface area contributed by atoms with Gasteiger partial charge in [-0.2, -0.15) is 0 Å². The summed E-state index contributed by atoms with van der Waals surface area (Å²) < 4.78 is 0. The molecule has 0 spiro atoms. The Labute approximate surface area is 171 Å². The van der Waals surface area contributed by atoms with Gasteiger partial charge in [0.05, 0.1) is 12.1 Å². The second-order valence-corrected chi connectivity index (χ2v) is 8.26. The molecule has 28 heavy (non-hydrogen) atoms. The average Bonchev–Trinajstić information content (AvgIpc) is 3.11. The van der Waals surface area contributed by atoms with Crippen LogP contribution < -0.4 is 0 Å². The number of nitrogens with zero attached hydrogens (tertiary/aromatic N) is 1. The number of aliphatic hydroxyl groups excluding tert-OH is 1. The Hall–Kier alpha value is -1.92. The van der Waals surface area contributed by atoms with Gasteiger partial charge in [0, 0.05) is 30.7 Å². The van der Waals surface area contributed by atoms with Crippen LogP contribution in [-0.4, -0.2) is 45.7 Å². The van der Waals surface area contributed by atoms with Gasteiger partial charge in [-0.15, -0.1) is 11.3 Å². The number of carbonyl (C=O) groups excluding carboxylic acids is 1. The summed E-state index contributed by atoms with van der Waals surface area (Å²) in [5.41, 5.74) is 1.06. The van der Waals surface area contributed by atoms with Gasteiger partial charge in [0.1, 0.15) is 0 Å². The molecule has 1 aromatic heterocycles. The van der Waals surface area contributed by atoms with Crippen molar-refractivity contribution in [1.82, 2.24) is 4.90 Å². The summed E-state index contributed by atoms with van der Waals surface area (Å²) in [6.07, 6.45) is 11.6. The fourth-order valence-electron chi connectivity index (χ4n) is 3.56. The van der Waals surface area contributed by atoms with Crippen LogP contribution in [0.15, 0.2) is 30.2 Å². The molecule has 2 N–H and O–H groups in total. The van der Waals surface area contributed by atoms with Crippen LogP contribution in [0.2, 0.25) is 0 Å². The zero-order chi connectivity index (χ0) is 20.4. The number of likely N-dealkylation sites (tertiary alicyclic amines) is 1. The van der Waals surface area contributed by atoms with Crippen LogP contribution in [0.5, 0.6) is 0 Å². The first-order valence-corrected chi connectivity index (χ1v) is 11.0. The quantitative estimate of drug-likeness (QED) is 0.402. The SMILES string of the molecule is C=Cc1ccsc1CC(O)C=C[C@H]1CCCC(=O)N1CCCCCCC(=O)O. The number of thiophene rings is 1. The van der Waals surface area contributed by atoms with Crippen LogP contribution in [-0.2, 0) is 16.0 Å². The average molecular weight is 406 g/mol. The number of aliphatic hydroxyl groups is 1. The third-order valence-corrected chi connectivity index (χ3v) is 6.06. The molecule has 0 aliphatic carbocycles. The van der Waals surface area contributed by atoms with Gasteiger partial charge >= 0.3 is 5.97 Å². The van der Waals surface area contributed by atoms with Crippen LogP contribution in [0.1, 0.15) is 61.8 Å². The molecule has 154 valence electrons. The summed E-state index contributed by atoms with van der Waals surface area (Å²) in [6, 6.07) is 2.04. The lowest BCUT2D eigenvalue weighted by Crippen LogP contribution is -2.43. The van der Waals surface area contributed by atoms with Gasteiger partial charge in [-0.3, -0.25) is 9.59 Å². The van der Waals surface area contributed by atoms with Gasteiger partial charge in [-0.05, 0) is 42.7 Å². The Bertz CT molecular complexity index is 682. The lowest BCUT2D eigenvalue weighted by atomic mass is 9.99. The Morgan fingerprint density at radius 2 is 2.14 bits per heavy atom. The highest BCUT2D eigenvalue weighted by Gasteiger charge is 2.25. The van der Waals surface area contributed by atoms with E-state index in [4.69, 9.17) is 5.11 Å². The minimum absolute atomic E-state index is 0.0390. The van der Waals surface area contributed by atoms with Gasteiger partial charge in [0.2, 0.25) is 5.91 Å². The number of aliphatic carboxylic acids is 1. The fraction of sp³-hybridized carbons (Fsp3) is 0.545. The molecule has 5 nitrogen and oxygen atoms in total. The van der Waals surface area contributed by atoms with Crippen molar-refractivity contribution in [2.75, 3.05) is 6.54 Å². The summed E-state index contributed by atoms with van der Waals surface area (Å²) in [6.45, 7) is 4.50. The van der Waals surface area contributed by atoms with Crippen molar-refractivity contribution in [3.8, 4) is 0 Å². The molecular formula is C22H31NO4S. The van der Waals surface area contributed by atoms with Gasteiger partial charge < -0.3 is 15.1 Å². The van der Waals surface area contributed by atoms with Gasteiger partial charge in [-0.25, -0.2) is 0 Å². The van der Waals surface area contributed by atoms with E-state index >= 15 is 0 Å². The van der Waals surface area contributed by atoms with Crippen LogP contribution in [0, 0.1) is 0 Å². The molecule has 1 aliphatic heterocycles. The minimum Gasteiger partial charge on any atom is -0.481 e. The molecule has 1 unspecified atom stereocenters. The standard InChI is InChI=1S/C22H31NO4S/c1-2-17-13-15-28-20(17)16-19(24)12-11-18-8-7-9-21(25)23(18)14-6-4-3-5-10-22(26)27/h2,11-13,15,18-19,24H,1,3-10,14,16H2,(H,26,27)/t18-,19?/m1/s1. The Morgan fingerprint density at radius 3 is 2.89 bits per heavy atom. The molecule has 0 saturated carbocycles. The van der Waals surface area contributed by atoms with Crippen molar-refractivity contribution in [1.29, 1.82) is 0 Å². The van der Waals surface area contributed by atoms with Crippen molar-refractivity contribution < 1.29 is 19.8 Å². The number of carbonyl (C=O) groups is 2. The number of unbranched alkanes of at least 4 members (excludes halogenated alkanes) is 3. The number of carboxylic acid groups (broad SMARTS) is 1. The molecule has 0 bridgehead atoms. The van der Waals surface area contributed by atoms with Gasteiger partial charge in [0.15, 0.2) is 0 Å². The van der Waals surface area contributed by atoms with E-state index in [-0.39, 0.29) is 18.4 Å². The lowest BCUT2D eigenvalue weighted by molar-refractivity contribution is -0.137. The molecule has 1 amide bonds. The molecule has 1 fully saturated rings. The predicted octanol–water partition coefficient (Wildman–Crippen LogP) is 4.27. The summed E-state index contributed by atoms with van der Waals surface area (Å²) in [5, 5.41) is 21.0. The number of rotatable bonds is 12. The Kier molecular flexibility index (Phi) is 9.44. The normalized spacial score (nSPS) is 18.5. The Balaban J connectivity index is 1.83. The van der Waals surface area contributed by atoms with E-state index in [2.05, 4.69) is 6.58 Å². The second kappa shape index (κ2) is 11.8. The van der Waals surface area contributed by atoms with E-state index < -0.39 is 12.1 Å². The first-order valence-electron chi connectivity index (χ1n) is 10.1. The first kappa shape index (κ1) is 22.4. The van der Waals surface area contributed by atoms with Crippen LogP contribution >= 0.6 is 11.3 Å². The van der Waals surface area contributed by atoms with Crippen LogP contribution in [0.25, 0.3) is 6.08 Å². The molecule has 0 aromatic carbocycles. The molecule has 2 rings (SSSR count). The Morgan fingerprint density at radius 1 is 1.36 bits per heavy atom. The summed E-state index contributed by atoms with van der Waals surface area (Å²) in [7, 11) is 0. The van der Waals surface area contributed by atoms with Crippen molar-refractivity contribution in [2.45, 2.75) is 69.9 Å². The van der Waals surface area contributed by atoms with Crippen LogP contribution in [0.4, 0.5) is 0 Å². The van der Waals surface area contributed by atoms with Crippen molar-refractivity contribution in [3.63, 3.8) is 0 Å². The third-order valence-electron chi connectivity index (χ3n) is 5.10. The monoisotopic (exact) mass is 405 g/mol. The fourth-order valence-corrected chi connectivity index (χ4v) is 4.50. The number of hydrogen-bond donors (Lipinski definition) is 2. The number of hydrogen-bond acceptors (Lipinski definition) is 4. The maximum atomic E-state index is 12.3. The highest BCUT2D eigenvalue weighted by atomic mass is 32.1. The van der Waals surface area contributed by atoms with E-state index in [1.54, 1.807) is 17.4 Å². The highest BCUT2D eigenvalue weighted by molar-refractivity contribution is 7.10. The molecule has 6 heteroatoms. The molecule has 1 saturated heterocycles. The topological polar surface area (TPSA) is 77.8 Å². The van der Waals surface area contributed by atoms with Gasteiger partial charge in [0.25, 0.3) is 0 Å². The number of carboxylic acids is 1. The van der Waals surface area contributed by atoms with Crippen molar-refractivity contribution >= 4 is 29.3 Å². The maximum absolute atomic E-state index is 12.3. The summed E-state index contributed by atoms with van der Waals surface area (Å²) >= 11 is 1.62. The molecule has 2 heterocycles. The smallest absolute Gasteiger partial charge is 0.303 e. The van der Waals surface area contributed by atoms with Crippen molar-refractivity contribution in [2.24, 2.45) is 0 Å². The van der Waals surface area contributed by atoms with E-state index in [0.29, 0.717) is 25.8 Å². The largest absolute Gasteiger partial charge is 0.481 e. The molecule has 0 radical (unpaired) electrons. The number of piperidine rings is 1. The minimum atomic E-state index is -0.752. The van der Waals surface area contributed by atoms with Crippen LogP contribution in [0.3, 0.4) is 0 Å². The molecule has 1 aromatic rings. The molecule has 2 atom stereocenters. The highest BCUT2D eigenvalue weighted by Crippen LogP contribution is 2.22. The molecule has 1 aliphatic rings. The lowest BCUT2D eigenvalue weighted by Gasteiger charge is -2.34. The zero-order valence-corrected chi connectivity index (χ0v) is 17.2.